The molecule has 0 atom stereocenters. The number of nitrogens with zero attached hydrogens (tertiary/aromatic N) is 2. The van der Waals surface area contributed by atoms with Gasteiger partial charge in [-0.15, -0.1) is 0 Å². The number of aromatic nitrogens is 2. The van der Waals surface area contributed by atoms with E-state index >= 15 is 0 Å². The van der Waals surface area contributed by atoms with Gasteiger partial charge in [0.25, 0.3) is 0 Å². The molecule has 88 valence electrons. The second kappa shape index (κ2) is 3.89. The molecule has 2 aromatic rings. The summed E-state index contributed by atoms with van der Waals surface area (Å²) >= 11 is 0. The van der Waals surface area contributed by atoms with Gasteiger partial charge in [0, 0.05) is 43.4 Å². The Labute approximate surface area is 99.9 Å². The minimum Gasteiger partial charge on any atom is -0.508 e. The molecule has 1 aromatic heterocycles. The standard InChI is InChI=1S/C13H15N3O/c1-16-12-5-6-14-8-11(12)13(15-16)9-3-2-4-10(17)7-9/h2-4,7,14,17H,5-6,8H2,1H3. The summed E-state index contributed by atoms with van der Waals surface area (Å²) in [5.41, 5.74) is 4.50. The van der Waals surface area contributed by atoms with Gasteiger partial charge in [0.2, 0.25) is 0 Å². The van der Waals surface area contributed by atoms with Crippen LogP contribution in [-0.4, -0.2) is 21.4 Å². The van der Waals surface area contributed by atoms with Crippen LogP contribution in [0.3, 0.4) is 0 Å². The zero-order valence-electron chi connectivity index (χ0n) is 9.77. The predicted molar refractivity (Wildman–Crippen MR) is 65.7 cm³/mol. The molecule has 0 spiro atoms. The normalized spacial score (nSPS) is 14.6. The van der Waals surface area contributed by atoms with E-state index in [1.807, 2.05) is 23.9 Å². The van der Waals surface area contributed by atoms with Crippen molar-refractivity contribution in [3.05, 3.63) is 35.5 Å². The molecule has 0 unspecified atom stereocenters. The van der Waals surface area contributed by atoms with Crippen molar-refractivity contribution in [1.29, 1.82) is 0 Å². The first-order chi connectivity index (χ1) is 8.25. The van der Waals surface area contributed by atoms with Crippen molar-refractivity contribution < 1.29 is 5.11 Å². The maximum Gasteiger partial charge on any atom is 0.116 e. The molecular weight excluding hydrogens is 214 g/mol. The van der Waals surface area contributed by atoms with E-state index < -0.39 is 0 Å². The van der Waals surface area contributed by atoms with Crippen LogP contribution in [-0.2, 0) is 20.0 Å². The zero-order valence-corrected chi connectivity index (χ0v) is 9.77. The molecule has 0 aliphatic carbocycles. The van der Waals surface area contributed by atoms with Crippen LogP contribution in [0.4, 0.5) is 0 Å². The van der Waals surface area contributed by atoms with Gasteiger partial charge in [-0.05, 0) is 12.1 Å². The third-order valence-corrected chi connectivity index (χ3v) is 3.23. The number of hydrogen-bond acceptors (Lipinski definition) is 3. The van der Waals surface area contributed by atoms with Crippen LogP contribution in [0.2, 0.25) is 0 Å². The number of fused-ring (bicyclic) bond motifs is 1. The molecular formula is C13H15N3O. The first kappa shape index (κ1) is 10.4. The highest BCUT2D eigenvalue weighted by atomic mass is 16.3. The predicted octanol–water partition coefficient (Wildman–Crippen LogP) is 1.44. The number of rotatable bonds is 1. The highest BCUT2D eigenvalue weighted by molar-refractivity contribution is 5.66. The van der Waals surface area contributed by atoms with Crippen molar-refractivity contribution in [3.8, 4) is 17.0 Å². The SMILES string of the molecule is Cn1nc(-c2cccc(O)c2)c2c1CCNC2. The maximum atomic E-state index is 9.54. The number of nitrogens with one attached hydrogen (secondary N) is 1. The van der Waals surface area contributed by atoms with Gasteiger partial charge in [0.1, 0.15) is 5.75 Å². The van der Waals surface area contributed by atoms with E-state index in [0.717, 1.165) is 30.8 Å². The molecule has 2 N–H and O–H groups in total. The molecule has 2 heterocycles. The summed E-state index contributed by atoms with van der Waals surface area (Å²) in [5, 5.41) is 17.5. The third kappa shape index (κ3) is 1.70. The summed E-state index contributed by atoms with van der Waals surface area (Å²) in [7, 11) is 1.98. The van der Waals surface area contributed by atoms with Crippen molar-refractivity contribution in [2.45, 2.75) is 13.0 Å². The first-order valence-electron chi connectivity index (χ1n) is 5.80. The van der Waals surface area contributed by atoms with E-state index in [2.05, 4.69) is 10.4 Å². The van der Waals surface area contributed by atoms with Crippen LogP contribution in [0.1, 0.15) is 11.3 Å². The van der Waals surface area contributed by atoms with E-state index in [4.69, 9.17) is 0 Å². The van der Waals surface area contributed by atoms with Crippen LogP contribution in [0.15, 0.2) is 24.3 Å². The number of aryl methyl sites for hydroxylation is 1. The Balaban J connectivity index is 2.15. The smallest absolute Gasteiger partial charge is 0.116 e. The lowest BCUT2D eigenvalue weighted by Gasteiger charge is -2.14. The minimum atomic E-state index is 0.283. The molecule has 17 heavy (non-hydrogen) atoms. The van der Waals surface area contributed by atoms with E-state index in [1.54, 1.807) is 12.1 Å². The van der Waals surface area contributed by atoms with Gasteiger partial charge in [-0.25, -0.2) is 0 Å². The molecule has 3 rings (SSSR count). The Morgan fingerprint density at radius 1 is 1.41 bits per heavy atom. The summed E-state index contributed by atoms with van der Waals surface area (Å²) in [6, 6.07) is 7.27. The summed E-state index contributed by atoms with van der Waals surface area (Å²) in [6.45, 7) is 1.86. The summed E-state index contributed by atoms with van der Waals surface area (Å²) in [5.74, 6) is 0.283. The fourth-order valence-corrected chi connectivity index (χ4v) is 2.41. The summed E-state index contributed by atoms with van der Waals surface area (Å²) in [4.78, 5) is 0. The van der Waals surface area contributed by atoms with Gasteiger partial charge in [0.05, 0.1) is 5.69 Å². The average molecular weight is 229 g/mol. The quantitative estimate of drug-likeness (QED) is 0.778. The number of hydrogen-bond donors (Lipinski definition) is 2. The van der Waals surface area contributed by atoms with Gasteiger partial charge in [-0.2, -0.15) is 5.10 Å². The lowest BCUT2D eigenvalue weighted by molar-refractivity contribution is 0.475. The Morgan fingerprint density at radius 3 is 3.12 bits per heavy atom. The molecule has 0 saturated heterocycles. The zero-order chi connectivity index (χ0) is 11.8. The molecule has 1 aliphatic rings. The molecule has 0 amide bonds. The average Bonchev–Trinajstić information content (AvgIpc) is 2.68. The molecule has 4 nitrogen and oxygen atoms in total. The van der Waals surface area contributed by atoms with Gasteiger partial charge in [-0.1, -0.05) is 12.1 Å². The maximum absolute atomic E-state index is 9.54. The van der Waals surface area contributed by atoms with Gasteiger partial charge in [0.15, 0.2) is 0 Å². The molecule has 0 radical (unpaired) electrons. The minimum absolute atomic E-state index is 0.283. The van der Waals surface area contributed by atoms with Crippen LogP contribution < -0.4 is 5.32 Å². The lowest BCUT2D eigenvalue weighted by atomic mass is 10.0. The van der Waals surface area contributed by atoms with Crippen LogP contribution in [0, 0.1) is 0 Å². The molecule has 4 heteroatoms. The van der Waals surface area contributed by atoms with Crippen LogP contribution >= 0.6 is 0 Å². The Bertz CT molecular complexity index is 560. The van der Waals surface area contributed by atoms with E-state index in [-0.39, 0.29) is 5.75 Å². The second-order valence-electron chi connectivity index (χ2n) is 4.37. The second-order valence-corrected chi connectivity index (χ2v) is 4.37. The molecule has 0 fully saturated rings. The number of phenols is 1. The molecule has 0 bridgehead atoms. The van der Waals surface area contributed by atoms with Crippen molar-refractivity contribution >= 4 is 0 Å². The molecule has 1 aliphatic heterocycles. The largest absolute Gasteiger partial charge is 0.508 e. The van der Waals surface area contributed by atoms with E-state index in [9.17, 15) is 5.11 Å². The molecule has 0 saturated carbocycles. The Morgan fingerprint density at radius 2 is 2.29 bits per heavy atom. The van der Waals surface area contributed by atoms with Crippen LogP contribution in [0.5, 0.6) is 5.75 Å². The van der Waals surface area contributed by atoms with Crippen molar-refractivity contribution in [1.82, 2.24) is 15.1 Å². The Hall–Kier alpha value is -1.81. The van der Waals surface area contributed by atoms with Gasteiger partial charge in [-0.3, -0.25) is 4.68 Å². The van der Waals surface area contributed by atoms with Crippen molar-refractivity contribution in [3.63, 3.8) is 0 Å². The summed E-state index contributed by atoms with van der Waals surface area (Å²) < 4.78 is 1.95. The molecule has 1 aromatic carbocycles. The highest BCUT2D eigenvalue weighted by Crippen LogP contribution is 2.28. The first-order valence-corrected chi connectivity index (χ1v) is 5.80. The topological polar surface area (TPSA) is 50.1 Å². The third-order valence-electron chi connectivity index (χ3n) is 3.23. The highest BCUT2D eigenvalue weighted by Gasteiger charge is 2.19. The van der Waals surface area contributed by atoms with E-state index in [1.165, 1.54) is 11.3 Å². The van der Waals surface area contributed by atoms with Crippen LogP contribution in [0.25, 0.3) is 11.3 Å². The monoisotopic (exact) mass is 229 g/mol. The number of aromatic hydroxyl groups is 1. The fourth-order valence-electron chi connectivity index (χ4n) is 2.41. The fraction of sp³-hybridized carbons (Fsp3) is 0.308. The van der Waals surface area contributed by atoms with E-state index in [0.29, 0.717) is 0 Å². The lowest BCUT2D eigenvalue weighted by Crippen LogP contribution is -2.24. The van der Waals surface area contributed by atoms with Crippen molar-refractivity contribution in [2.24, 2.45) is 7.05 Å². The Kier molecular flexibility index (Phi) is 2.37. The number of phenolic OH excluding ortho intramolecular Hbond substituents is 1. The van der Waals surface area contributed by atoms with Crippen molar-refractivity contribution in [2.75, 3.05) is 6.54 Å². The van der Waals surface area contributed by atoms with Gasteiger partial charge >= 0.3 is 0 Å². The summed E-state index contributed by atoms with van der Waals surface area (Å²) in [6.07, 6.45) is 1.01. The number of benzene rings is 1. The van der Waals surface area contributed by atoms with Gasteiger partial charge < -0.3 is 10.4 Å².